The lowest BCUT2D eigenvalue weighted by Crippen LogP contribution is -2.47. The summed E-state index contributed by atoms with van der Waals surface area (Å²) < 4.78 is 32.2. The molecule has 2 amide bonds. The number of hydrogen-bond acceptors (Lipinski definition) is 5. The summed E-state index contributed by atoms with van der Waals surface area (Å²) >= 11 is 6.15. The van der Waals surface area contributed by atoms with Crippen LogP contribution < -0.4 is 10.1 Å². The van der Waals surface area contributed by atoms with Crippen molar-refractivity contribution >= 4 is 39.1 Å². The Morgan fingerprint density at radius 3 is 2.61 bits per heavy atom. The molecule has 0 spiro atoms. The second kappa shape index (κ2) is 7.88. The Morgan fingerprint density at radius 2 is 1.96 bits per heavy atom. The number of nitrogens with one attached hydrogen (secondary N) is 1. The molecule has 0 aromatic heterocycles. The molecule has 28 heavy (non-hydrogen) atoms. The molecule has 1 saturated heterocycles. The van der Waals surface area contributed by atoms with Gasteiger partial charge < -0.3 is 15.0 Å². The number of ether oxygens (including phenoxy) is 1. The van der Waals surface area contributed by atoms with Crippen molar-refractivity contribution in [1.29, 1.82) is 0 Å². The first-order chi connectivity index (χ1) is 13.1. The SMILES string of the molecule is C[C@H]1C[C@H](C)CN(C(=O)CN(C)S(=O)(=O)c2cc3c(cc2Cl)NC(=O)CO3)C1. The molecule has 1 aromatic rings. The molecule has 2 aliphatic heterocycles. The molecule has 1 fully saturated rings. The van der Waals surface area contributed by atoms with E-state index in [-0.39, 0.29) is 40.6 Å². The van der Waals surface area contributed by atoms with E-state index in [9.17, 15) is 18.0 Å². The van der Waals surface area contributed by atoms with E-state index in [4.69, 9.17) is 16.3 Å². The number of piperidine rings is 1. The Hall–Kier alpha value is -1.84. The lowest BCUT2D eigenvalue weighted by Gasteiger charge is -2.35. The number of likely N-dealkylation sites (tertiary alicyclic amines) is 1. The van der Waals surface area contributed by atoms with Crippen molar-refractivity contribution in [2.45, 2.75) is 25.2 Å². The largest absolute Gasteiger partial charge is 0.482 e. The summed E-state index contributed by atoms with van der Waals surface area (Å²) in [5, 5.41) is 2.52. The van der Waals surface area contributed by atoms with Crippen molar-refractivity contribution in [2.24, 2.45) is 11.8 Å². The number of fused-ring (bicyclic) bond motifs is 1. The minimum absolute atomic E-state index is 0.0518. The van der Waals surface area contributed by atoms with Crippen molar-refractivity contribution < 1.29 is 22.7 Å². The minimum atomic E-state index is -4.02. The predicted octanol–water partition coefficient (Wildman–Crippen LogP) is 1.80. The quantitative estimate of drug-likeness (QED) is 0.787. The molecule has 1 N–H and O–H groups in total. The summed E-state index contributed by atoms with van der Waals surface area (Å²) in [6.07, 6.45) is 1.05. The predicted molar refractivity (Wildman–Crippen MR) is 105 cm³/mol. The number of likely N-dealkylation sites (N-methyl/N-ethyl adjacent to an activating group) is 1. The number of sulfonamides is 1. The molecule has 1 aromatic carbocycles. The molecule has 0 saturated carbocycles. The molecule has 8 nitrogen and oxygen atoms in total. The van der Waals surface area contributed by atoms with Crippen LogP contribution in [0, 0.1) is 11.8 Å². The standard InChI is InChI=1S/C18H24ClN3O5S/c1-11-4-12(2)8-22(7-11)18(24)9-21(3)28(25,26)16-6-15-14(5-13(16)19)20-17(23)10-27-15/h5-6,11-12H,4,7-10H2,1-3H3,(H,20,23)/t11-,12-/m0/s1. The number of carbonyl (C=O) groups excluding carboxylic acids is 2. The van der Waals surface area contributed by atoms with E-state index < -0.39 is 10.0 Å². The number of rotatable bonds is 4. The van der Waals surface area contributed by atoms with Gasteiger partial charge in [0.2, 0.25) is 15.9 Å². The van der Waals surface area contributed by atoms with Crippen molar-refractivity contribution in [3.63, 3.8) is 0 Å². The smallest absolute Gasteiger partial charge is 0.262 e. The van der Waals surface area contributed by atoms with Crippen molar-refractivity contribution in [3.8, 4) is 5.75 Å². The Bertz CT molecular complexity index is 895. The van der Waals surface area contributed by atoms with Crippen molar-refractivity contribution in [3.05, 3.63) is 17.2 Å². The van der Waals surface area contributed by atoms with Crippen molar-refractivity contribution in [2.75, 3.05) is 38.6 Å². The van der Waals surface area contributed by atoms with Crippen LogP contribution in [0.1, 0.15) is 20.3 Å². The van der Waals surface area contributed by atoms with Gasteiger partial charge in [-0.1, -0.05) is 25.4 Å². The fraction of sp³-hybridized carbons (Fsp3) is 0.556. The maximum absolute atomic E-state index is 13.0. The van der Waals surface area contributed by atoms with E-state index in [0.717, 1.165) is 10.7 Å². The maximum Gasteiger partial charge on any atom is 0.262 e. The highest BCUT2D eigenvalue weighted by Crippen LogP contribution is 2.36. The van der Waals surface area contributed by atoms with Crippen LogP contribution in [0.3, 0.4) is 0 Å². The Morgan fingerprint density at radius 1 is 1.32 bits per heavy atom. The van der Waals surface area contributed by atoms with E-state index in [0.29, 0.717) is 30.6 Å². The molecule has 2 atom stereocenters. The van der Waals surface area contributed by atoms with Gasteiger partial charge in [0, 0.05) is 26.2 Å². The molecule has 2 aliphatic rings. The van der Waals surface area contributed by atoms with E-state index in [1.807, 2.05) is 0 Å². The van der Waals surface area contributed by atoms with Crippen LogP contribution in [-0.2, 0) is 19.6 Å². The molecular weight excluding hydrogens is 406 g/mol. The number of nitrogens with zero attached hydrogens (tertiary/aromatic N) is 2. The topological polar surface area (TPSA) is 96.0 Å². The summed E-state index contributed by atoms with van der Waals surface area (Å²) in [6, 6.07) is 2.61. The molecule has 10 heteroatoms. The number of hydrogen-bond donors (Lipinski definition) is 1. The first-order valence-corrected chi connectivity index (χ1v) is 10.9. The lowest BCUT2D eigenvalue weighted by molar-refractivity contribution is -0.133. The zero-order chi connectivity index (χ0) is 20.6. The Kier molecular flexibility index (Phi) is 5.88. The van der Waals surface area contributed by atoms with Crippen LogP contribution >= 0.6 is 11.6 Å². The fourth-order valence-corrected chi connectivity index (χ4v) is 5.32. The maximum atomic E-state index is 13.0. The average Bonchev–Trinajstić information content (AvgIpc) is 2.59. The molecule has 2 heterocycles. The zero-order valence-electron chi connectivity index (χ0n) is 16.1. The monoisotopic (exact) mass is 429 g/mol. The molecule has 0 radical (unpaired) electrons. The number of anilines is 1. The van der Waals surface area contributed by atoms with Gasteiger partial charge in [0.25, 0.3) is 5.91 Å². The highest BCUT2D eigenvalue weighted by Gasteiger charge is 2.31. The van der Waals surface area contributed by atoms with E-state index in [2.05, 4.69) is 19.2 Å². The molecule has 154 valence electrons. The Labute approximate surface area is 169 Å². The van der Waals surface area contributed by atoms with Crippen LogP contribution in [0.4, 0.5) is 5.69 Å². The van der Waals surface area contributed by atoms with Gasteiger partial charge in [0.1, 0.15) is 10.6 Å². The first kappa shape index (κ1) is 20.9. The highest BCUT2D eigenvalue weighted by molar-refractivity contribution is 7.89. The molecule has 0 bridgehead atoms. The third kappa shape index (κ3) is 4.26. The van der Waals surface area contributed by atoms with Gasteiger partial charge in [-0.15, -0.1) is 0 Å². The van der Waals surface area contributed by atoms with Crippen molar-refractivity contribution in [1.82, 2.24) is 9.21 Å². The summed E-state index contributed by atoms with van der Waals surface area (Å²) in [5.41, 5.74) is 0.315. The zero-order valence-corrected chi connectivity index (χ0v) is 17.6. The highest BCUT2D eigenvalue weighted by atomic mass is 35.5. The molecular formula is C18H24ClN3O5S. The van der Waals surface area contributed by atoms with Crippen LogP contribution in [0.5, 0.6) is 5.75 Å². The number of amides is 2. The van der Waals surface area contributed by atoms with Gasteiger partial charge in [-0.25, -0.2) is 8.42 Å². The average molecular weight is 430 g/mol. The van der Waals surface area contributed by atoms with Crippen LogP contribution in [-0.4, -0.2) is 62.7 Å². The summed E-state index contributed by atoms with van der Waals surface area (Å²) in [7, 11) is -2.67. The van der Waals surface area contributed by atoms with Gasteiger partial charge >= 0.3 is 0 Å². The number of benzene rings is 1. The molecule has 0 aliphatic carbocycles. The fourth-order valence-electron chi connectivity index (χ4n) is 3.69. The summed E-state index contributed by atoms with van der Waals surface area (Å²) in [6.45, 7) is 4.96. The molecule has 3 rings (SSSR count). The van der Waals surface area contributed by atoms with Gasteiger partial charge in [-0.05, 0) is 24.3 Å². The van der Waals surface area contributed by atoms with Gasteiger partial charge in [0.15, 0.2) is 6.61 Å². The summed E-state index contributed by atoms with van der Waals surface area (Å²) in [4.78, 5) is 25.6. The summed E-state index contributed by atoms with van der Waals surface area (Å²) in [5.74, 6) is 0.420. The number of carbonyl (C=O) groups is 2. The first-order valence-electron chi connectivity index (χ1n) is 9.08. The normalized spacial score (nSPS) is 22.5. The van der Waals surface area contributed by atoms with Gasteiger partial charge in [-0.3, -0.25) is 9.59 Å². The molecule has 0 unspecified atom stereocenters. The Balaban J connectivity index is 1.79. The second-order valence-electron chi connectivity index (χ2n) is 7.62. The number of halogens is 1. The van der Waals surface area contributed by atoms with Crippen LogP contribution in [0.2, 0.25) is 5.02 Å². The lowest BCUT2D eigenvalue weighted by atomic mass is 9.92. The van der Waals surface area contributed by atoms with Gasteiger partial charge in [0.05, 0.1) is 17.3 Å². The van der Waals surface area contributed by atoms with Crippen LogP contribution in [0.15, 0.2) is 17.0 Å². The van der Waals surface area contributed by atoms with E-state index in [1.165, 1.54) is 19.2 Å². The second-order valence-corrected chi connectivity index (χ2v) is 10.0. The van der Waals surface area contributed by atoms with E-state index >= 15 is 0 Å². The minimum Gasteiger partial charge on any atom is -0.482 e. The van der Waals surface area contributed by atoms with E-state index in [1.54, 1.807) is 4.90 Å². The third-order valence-corrected chi connectivity index (χ3v) is 7.20. The van der Waals surface area contributed by atoms with Crippen LogP contribution in [0.25, 0.3) is 0 Å². The van der Waals surface area contributed by atoms with Gasteiger partial charge in [-0.2, -0.15) is 4.31 Å². The third-order valence-electron chi connectivity index (χ3n) is 4.93.